The van der Waals surface area contributed by atoms with Crippen molar-refractivity contribution in [2.75, 3.05) is 13.1 Å². The van der Waals surface area contributed by atoms with E-state index in [1.807, 2.05) is 36.4 Å². The Bertz CT molecular complexity index is 2020. The number of sulfonamides is 1. The number of carboxylic acids is 1. The van der Waals surface area contributed by atoms with Crippen LogP contribution in [0.3, 0.4) is 0 Å². The molecule has 0 spiro atoms. The molecule has 2 N–H and O–H groups in total. The lowest BCUT2D eigenvalue weighted by atomic mass is 9.59. The van der Waals surface area contributed by atoms with Gasteiger partial charge in [-0.3, -0.25) is 14.4 Å². The second-order valence-electron chi connectivity index (χ2n) is 13.1. The van der Waals surface area contributed by atoms with Crippen molar-refractivity contribution in [3.8, 4) is 23.0 Å². The second-order valence-corrected chi connectivity index (χ2v) is 14.9. The molecule has 1 aliphatic carbocycles. The number of nitrogens with one attached hydrogen (secondary N) is 1. The number of carbonyl (C=O) groups is 3. The monoisotopic (exact) mass is 781 g/mol. The number of carboxylic acid groups (broad SMARTS) is 1. The first-order valence-corrected chi connectivity index (χ1v) is 19.2. The van der Waals surface area contributed by atoms with Crippen molar-refractivity contribution < 1.29 is 50.6 Å². The Morgan fingerprint density at radius 1 is 0.636 bits per heavy atom. The van der Waals surface area contributed by atoms with Crippen LogP contribution >= 0.6 is 0 Å². The van der Waals surface area contributed by atoms with E-state index in [4.69, 9.17) is 9.47 Å². The summed E-state index contributed by atoms with van der Waals surface area (Å²) in [5.74, 6) is -6.50. The fraction of sp³-hybridized carbons (Fsp3) is 0.325. The molecule has 4 unspecified atom stereocenters. The fourth-order valence-electron chi connectivity index (χ4n) is 6.57. The highest BCUT2D eigenvalue weighted by Gasteiger charge is 2.64. The first-order valence-electron chi connectivity index (χ1n) is 17.7. The van der Waals surface area contributed by atoms with Gasteiger partial charge in [-0.2, -0.15) is 13.2 Å². The number of hydrogen-bond donors (Lipinski definition) is 2. The minimum absolute atomic E-state index is 0.0168. The number of benzene rings is 4. The van der Waals surface area contributed by atoms with Crippen LogP contribution in [-0.4, -0.2) is 65.7 Å². The molecule has 1 saturated carbocycles. The summed E-state index contributed by atoms with van der Waals surface area (Å²) < 4.78 is 78.8. The van der Waals surface area contributed by atoms with Gasteiger partial charge in [-0.05, 0) is 72.5 Å². The number of carbonyl (C=O) groups excluding carboxylic acids is 2. The predicted molar refractivity (Wildman–Crippen MR) is 197 cm³/mol. The van der Waals surface area contributed by atoms with Gasteiger partial charge in [0, 0.05) is 32.2 Å². The Labute approximate surface area is 317 Å². The summed E-state index contributed by atoms with van der Waals surface area (Å²) >= 11 is 0. The zero-order chi connectivity index (χ0) is 39.8. The van der Waals surface area contributed by atoms with Gasteiger partial charge >= 0.3 is 21.5 Å². The summed E-state index contributed by atoms with van der Waals surface area (Å²) in [4.78, 5) is 44.0. The lowest BCUT2D eigenvalue weighted by Crippen LogP contribution is -2.70. The Hall–Kier alpha value is -5.41. The molecular weight excluding hydrogens is 740 g/mol. The van der Waals surface area contributed by atoms with Crippen molar-refractivity contribution in [2.45, 2.75) is 51.3 Å². The van der Waals surface area contributed by atoms with E-state index in [0.29, 0.717) is 47.0 Å². The maximum Gasteiger partial charge on any atom is 0.511 e. The Morgan fingerprint density at radius 3 is 1.38 bits per heavy atom. The average molecular weight is 782 g/mol. The number of para-hydroxylation sites is 2. The largest absolute Gasteiger partial charge is 0.511 e. The van der Waals surface area contributed by atoms with E-state index in [-0.39, 0.29) is 26.2 Å². The minimum atomic E-state index is -6.11. The number of amides is 2. The number of aliphatic carboxylic acids is 1. The Kier molecular flexibility index (Phi) is 13.2. The molecule has 11 nitrogen and oxygen atoms in total. The number of nitrogens with zero attached hydrogens (tertiary/aromatic N) is 2. The van der Waals surface area contributed by atoms with Crippen LogP contribution in [0.5, 0.6) is 23.0 Å². The molecule has 4 aromatic carbocycles. The molecule has 5 rings (SSSR count). The summed E-state index contributed by atoms with van der Waals surface area (Å²) in [5.41, 5.74) is -4.55. The molecule has 4 atom stereocenters. The van der Waals surface area contributed by atoms with Crippen LogP contribution in [0.4, 0.5) is 13.2 Å². The molecule has 0 saturated heterocycles. The summed E-state index contributed by atoms with van der Waals surface area (Å²) in [7, 11) is -6.11. The molecule has 1 aliphatic rings. The van der Waals surface area contributed by atoms with Gasteiger partial charge in [0.05, 0.1) is 17.8 Å². The standard InChI is InChI=1S/C40H42F3N3O8S/c1-3-23-45(25-27-15-19-31(20-16-27)53-29-11-7-5-8-12-29)37(47)33-34(36(35(33)39(49)50)44-55(51,52)40(41,42)43)38(48)46(24-4-2)26-28-17-21-32(22-18-28)54-30-13-9-6-10-14-30/h5-22,33-36,44H,3-4,23-26H2,1-2H3,(H,49,50). The molecule has 15 heteroatoms. The van der Waals surface area contributed by atoms with Gasteiger partial charge in [0.15, 0.2) is 0 Å². The molecule has 292 valence electrons. The lowest BCUT2D eigenvalue weighted by Gasteiger charge is -2.50. The van der Waals surface area contributed by atoms with Crippen LogP contribution in [0.25, 0.3) is 0 Å². The van der Waals surface area contributed by atoms with Crippen molar-refractivity contribution in [3.63, 3.8) is 0 Å². The van der Waals surface area contributed by atoms with Crippen molar-refractivity contribution in [1.29, 1.82) is 0 Å². The van der Waals surface area contributed by atoms with E-state index >= 15 is 0 Å². The molecule has 55 heavy (non-hydrogen) atoms. The second kappa shape index (κ2) is 17.8. The van der Waals surface area contributed by atoms with Gasteiger partial charge in [-0.15, -0.1) is 0 Å². The number of hydrogen-bond acceptors (Lipinski definition) is 7. The molecular formula is C40H42F3N3O8S. The van der Waals surface area contributed by atoms with Gasteiger partial charge in [0.1, 0.15) is 23.0 Å². The van der Waals surface area contributed by atoms with Crippen LogP contribution in [0.15, 0.2) is 109 Å². The average Bonchev–Trinajstić information content (AvgIpc) is 3.14. The van der Waals surface area contributed by atoms with Crippen LogP contribution < -0.4 is 14.2 Å². The van der Waals surface area contributed by atoms with E-state index in [1.54, 1.807) is 86.6 Å². The number of halogens is 3. The summed E-state index contributed by atoms with van der Waals surface area (Å²) in [6.45, 7) is 3.70. The summed E-state index contributed by atoms with van der Waals surface area (Å²) in [5, 5.41) is 10.2. The highest BCUT2D eigenvalue weighted by Crippen LogP contribution is 2.45. The molecule has 0 aliphatic heterocycles. The molecule has 1 fully saturated rings. The van der Waals surface area contributed by atoms with E-state index in [1.165, 1.54) is 14.5 Å². The zero-order valence-corrected chi connectivity index (χ0v) is 31.0. The molecule has 2 amide bonds. The van der Waals surface area contributed by atoms with Gasteiger partial charge in [0.25, 0.3) is 0 Å². The third-order valence-corrected chi connectivity index (χ3v) is 10.4. The molecule has 0 radical (unpaired) electrons. The third kappa shape index (κ3) is 10.0. The van der Waals surface area contributed by atoms with Gasteiger partial charge in [-0.1, -0.05) is 74.5 Å². The topological polar surface area (TPSA) is 143 Å². The Balaban J connectivity index is 1.42. The smallest absolute Gasteiger partial charge is 0.481 e. The van der Waals surface area contributed by atoms with Crippen molar-refractivity contribution in [2.24, 2.45) is 17.8 Å². The maximum atomic E-state index is 14.4. The maximum absolute atomic E-state index is 14.4. The Morgan fingerprint density at radius 2 is 1.02 bits per heavy atom. The quantitative estimate of drug-likeness (QED) is 0.115. The summed E-state index contributed by atoms with van der Waals surface area (Å²) in [6, 6.07) is 29.6. The summed E-state index contributed by atoms with van der Waals surface area (Å²) in [6.07, 6.45) is 0.833. The van der Waals surface area contributed by atoms with Crippen LogP contribution in [-0.2, 0) is 37.5 Å². The SMILES string of the molecule is CCCN(Cc1ccc(Oc2ccccc2)cc1)C(=O)C1C(NS(=O)(=O)C(F)(F)F)C(C(=O)O)C1C(=O)N(CCC)Cc1ccc(Oc2ccccc2)cc1. The van der Waals surface area contributed by atoms with E-state index in [2.05, 4.69) is 0 Å². The van der Waals surface area contributed by atoms with Gasteiger partial charge < -0.3 is 24.4 Å². The van der Waals surface area contributed by atoms with Crippen LogP contribution in [0.2, 0.25) is 0 Å². The molecule has 0 aromatic heterocycles. The number of ether oxygens (including phenoxy) is 2. The van der Waals surface area contributed by atoms with Gasteiger partial charge in [-0.25, -0.2) is 13.1 Å². The molecule has 4 aromatic rings. The highest BCUT2D eigenvalue weighted by atomic mass is 32.2. The van der Waals surface area contributed by atoms with Crippen LogP contribution in [0, 0.1) is 17.8 Å². The fourth-order valence-corrected chi connectivity index (χ4v) is 7.36. The normalized spacial score (nSPS) is 18.1. The molecule has 0 heterocycles. The first kappa shape index (κ1) is 40.8. The predicted octanol–water partition coefficient (Wildman–Crippen LogP) is 7.20. The molecule has 0 bridgehead atoms. The zero-order valence-electron chi connectivity index (χ0n) is 30.2. The van der Waals surface area contributed by atoms with E-state index in [9.17, 15) is 41.1 Å². The number of alkyl halides is 3. The van der Waals surface area contributed by atoms with Crippen molar-refractivity contribution in [3.05, 3.63) is 120 Å². The first-order chi connectivity index (χ1) is 26.2. The number of rotatable bonds is 17. The van der Waals surface area contributed by atoms with E-state index < -0.39 is 57.1 Å². The van der Waals surface area contributed by atoms with Crippen molar-refractivity contribution in [1.82, 2.24) is 14.5 Å². The van der Waals surface area contributed by atoms with Crippen molar-refractivity contribution >= 4 is 27.8 Å². The lowest BCUT2D eigenvalue weighted by molar-refractivity contribution is -0.172. The van der Waals surface area contributed by atoms with Gasteiger partial charge in [0.2, 0.25) is 11.8 Å². The van der Waals surface area contributed by atoms with Crippen LogP contribution in [0.1, 0.15) is 37.8 Å². The highest BCUT2D eigenvalue weighted by molar-refractivity contribution is 7.90. The third-order valence-electron chi connectivity index (χ3n) is 9.16. The minimum Gasteiger partial charge on any atom is -0.481 e. The van der Waals surface area contributed by atoms with E-state index in [0.717, 1.165) is 0 Å².